The Morgan fingerprint density at radius 1 is 1.29 bits per heavy atom. The molecule has 106 valence electrons. The molecule has 21 heavy (non-hydrogen) atoms. The lowest BCUT2D eigenvalue weighted by Gasteiger charge is -2.02. The van der Waals surface area contributed by atoms with E-state index in [1.165, 1.54) is 15.9 Å². The number of aromatic nitrogens is 4. The smallest absolute Gasteiger partial charge is 0.351 e. The number of carbonyl (C=O) groups is 1. The molecule has 0 aliphatic carbocycles. The van der Waals surface area contributed by atoms with Crippen molar-refractivity contribution in [2.24, 2.45) is 5.73 Å². The van der Waals surface area contributed by atoms with Crippen LogP contribution in [0.2, 0.25) is 0 Å². The van der Waals surface area contributed by atoms with Crippen LogP contribution < -0.4 is 11.4 Å². The summed E-state index contributed by atoms with van der Waals surface area (Å²) in [7, 11) is 0. The van der Waals surface area contributed by atoms with Gasteiger partial charge in [0, 0.05) is 12.4 Å². The van der Waals surface area contributed by atoms with E-state index in [2.05, 4.69) is 10.1 Å². The van der Waals surface area contributed by atoms with Gasteiger partial charge in [-0.1, -0.05) is 6.07 Å². The molecule has 1 amide bonds. The highest BCUT2D eigenvalue weighted by Crippen LogP contribution is 2.23. The Bertz CT molecular complexity index is 820. The molecule has 0 aliphatic heterocycles. The number of thiophene rings is 1. The lowest BCUT2D eigenvalue weighted by molar-refractivity contribution is -0.118. The highest BCUT2D eigenvalue weighted by molar-refractivity contribution is 7.13. The monoisotopic (exact) mass is 301 g/mol. The van der Waals surface area contributed by atoms with Crippen molar-refractivity contribution in [3.63, 3.8) is 0 Å². The molecular weight excluding hydrogens is 290 g/mol. The topological polar surface area (TPSA) is 95.8 Å². The first-order valence-electron chi connectivity index (χ1n) is 6.09. The average molecular weight is 301 g/mol. The van der Waals surface area contributed by atoms with Crippen LogP contribution in [0.15, 0.2) is 46.8 Å². The van der Waals surface area contributed by atoms with Gasteiger partial charge in [-0.15, -0.1) is 16.4 Å². The van der Waals surface area contributed by atoms with E-state index >= 15 is 0 Å². The molecule has 0 bridgehead atoms. The largest absolute Gasteiger partial charge is 0.368 e. The van der Waals surface area contributed by atoms with E-state index in [4.69, 9.17) is 5.73 Å². The van der Waals surface area contributed by atoms with Crippen LogP contribution >= 0.6 is 11.3 Å². The second-order valence-electron chi connectivity index (χ2n) is 4.25. The van der Waals surface area contributed by atoms with Gasteiger partial charge in [-0.25, -0.2) is 14.0 Å². The van der Waals surface area contributed by atoms with Gasteiger partial charge in [-0.05, 0) is 23.6 Å². The lowest BCUT2D eigenvalue weighted by atomic mass is 10.3. The third-order valence-corrected chi connectivity index (χ3v) is 3.67. The first-order chi connectivity index (χ1) is 10.2. The molecule has 2 N–H and O–H groups in total. The molecule has 8 heteroatoms. The Hall–Kier alpha value is -2.74. The second kappa shape index (κ2) is 5.33. The van der Waals surface area contributed by atoms with Gasteiger partial charge in [0.25, 0.3) is 0 Å². The normalized spacial score (nSPS) is 10.7. The molecule has 0 unspecified atom stereocenters. The van der Waals surface area contributed by atoms with Crippen molar-refractivity contribution in [3.8, 4) is 16.4 Å². The van der Waals surface area contributed by atoms with E-state index < -0.39 is 11.6 Å². The number of rotatable bonds is 4. The minimum Gasteiger partial charge on any atom is -0.368 e. The lowest BCUT2D eigenvalue weighted by Crippen LogP contribution is -2.29. The van der Waals surface area contributed by atoms with Crippen LogP contribution in [0.4, 0.5) is 0 Å². The Kier molecular flexibility index (Phi) is 3.36. The maximum Gasteiger partial charge on any atom is 0.351 e. The van der Waals surface area contributed by atoms with E-state index in [9.17, 15) is 9.59 Å². The zero-order valence-electron chi connectivity index (χ0n) is 10.8. The van der Waals surface area contributed by atoms with Crippen LogP contribution in [0, 0.1) is 0 Å². The van der Waals surface area contributed by atoms with Crippen molar-refractivity contribution in [1.29, 1.82) is 0 Å². The number of pyridine rings is 1. The summed E-state index contributed by atoms with van der Waals surface area (Å²) in [6, 6.07) is 7.14. The quantitative estimate of drug-likeness (QED) is 0.765. The SMILES string of the molecule is NC(=O)Cn1nc(-c2cccs2)n(-c2ccncc2)c1=O. The molecule has 0 aliphatic rings. The first kappa shape index (κ1) is 13.3. The van der Waals surface area contributed by atoms with Crippen LogP contribution in [0.3, 0.4) is 0 Å². The minimum atomic E-state index is -0.616. The summed E-state index contributed by atoms with van der Waals surface area (Å²) >= 11 is 1.46. The summed E-state index contributed by atoms with van der Waals surface area (Å²) < 4.78 is 2.51. The van der Waals surface area contributed by atoms with Gasteiger partial charge < -0.3 is 5.73 Å². The van der Waals surface area contributed by atoms with Crippen LogP contribution in [0.1, 0.15) is 0 Å². The van der Waals surface area contributed by atoms with Gasteiger partial charge >= 0.3 is 5.69 Å². The van der Waals surface area contributed by atoms with E-state index in [1.54, 1.807) is 24.5 Å². The van der Waals surface area contributed by atoms with Crippen molar-refractivity contribution in [1.82, 2.24) is 19.3 Å². The number of amides is 1. The summed E-state index contributed by atoms with van der Waals surface area (Å²) in [5.74, 6) is -0.142. The zero-order valence-corrected chi connectivity index (χ0v) is 11.7. The van der Waals surface area contributed by atoms with E-state index in [-0.39, 0.29) is 6.54 Å². The number of carbonyl (C=O) groups excluding carboxylic acids is 1. The van der Waals surface area contributed by atoms with Gasteiger partial charge in [-0.2, -0.15) is 0 Å². The Labute approximate surface area is 123 Å². The molecule has 3 aromatic heterocycles. The summed E-state index contributed by atoms with van der Waals surface area (Å²) in [4.78, 5) is 28.3. The summed E-state index contributed by atoms with van der Waals surface area (Å²) in [6.07, 6.45) is 3.18. The fourth-order valence-corrected chi connectivity index (χ4v) is 2.65. The van der Waals surface area contributed by atoms with Crippen molar-refractivity contribution in [3.05, 3.63) is 52.5 Å². The molecular formula is C13H11N5O2S. The molecule has 7 nitrogen and oxygen atoms in total. The van der Waals surface area contributed by atoms with Crippen LogP contribution in [0.25, 0.3) is 16.4 Å². The fourth-order valence-electron chi connectivity index (χ4n) is 1.95. The minimum absolute atomic E-state index is 0.255. The number of nitrogens with zero attached hydrogens (tertiary/aromatic N) is 4. The first-order valence-corrected chi connectivity index (χ1v) is 6.97. The molecule has 0 radical (unpaired) electrons. The third kappa shape index (κ3) is 2.48. The van der Waals surface area contributed by atoms with Crippen LogP contribution in [-0.4, -0.2) is 25.2 Å². The fraction of sp³-hybridized carbons (Fsp3) is 0.0769. The standard InChI is InChI=1S/C13H11N5O2S/c14-11(19)8-17-13(20)18(9-3-5-15-6-4-9)12(16-17)10-2-1-7-21-10/h1-7H,8H2,(H2,14,19). The number of nitrogens with two attached hydrogens (primary N) is 1. The third-order valence-electron chi connectivity index (χ3n) is 2.81. The Morgan fingerprint density at radius 2 is 2.05 bits per heavy atom. The maximum absolute atomic E-state index is 12.5. The second-order valence-corrected chi connectivity index (χ2v) is 5.20. The molecule has 3 aromatic rings. The summed E-state index contributed by atoms with van der Waals surface area (Å²) in [5.41, 5.74) is 5.37. The molecule has 3 heterocycles. The van der Waals surface area contributed by atoms with Crippen molar-refractivity contribution < 1.29 is 4.79 Å². The van der Waals surface area contributed by atoms with E-state index in [0.717, 1.165) is 9.56 Å². The molecule has 0 aromatic carbocycles. The molecule has 0 spiro atoms. The number of hydrogen-bond donors (Lipinski definition) is 1. The molecule has 0 fully saturated rings. The van der Waals surface area contributed by atoms with Gasteiger partial charge in [0.05, 0.1) is 10.6 Å². The molecule has 0 atom stereocenters. The predicted octanol–water partition coefficient (Wildman–Crippen LogP) is 0.643. The molecule has 0 saturated carbocycles. The van der Waals surface area contributed by atoms with Crippen LogP contribution in [0.5, 0.6) is 0 Å². The van der Waals surface area contributed by atoms with Gasteiger partial charge in [0.1, 0.15) is 6.54 Å². The Morgan fingerprint density at radius 3 is 2.67 bits per heavy atom. The highest BCUT2D eigenvalue weighted by Gasteiger charge is 2.18. The molecule has 0 saturated heterocycles. The van der Waals surface area contributed by atoms with Crippen molar-refractivity contribution >= 4 is 17.2 Å². The van der Waals surface area contributed by atoms with Gasteiger partial charge in [0.2, 0.25) is 5.91 Å². The average Bonchev–Trinajstić information content (AvgIpc) is 3.08. The predicted molar refractivity (Wildman–Crippen MR) is 78.1 cm³/mol. The van der Waals surface area contributed by atoms with Crippen LogP contribution in [-0.2, 0) is 11.3 Å². The Balaban J connectivity index is 2.23. The van der Waals surface area contributed by atoms with E-state index in [0.29, 0.717) is 11.5 Å². The number of primary amides is 1. The zero-order chi connectivity index (χ0) is 14.8. The highest BCUT2D eigenvalue weighted by atomic mass is 32.1. The van der Waals surface area contributed by atoms with Crippen molar-refractivity contribution in [2.75, 3.05) is 0 Å². The van der Waals surface area contributed by atoms with Gasteiger partial charge in [0.15, 0.2) is 5.82 Å². The van der Waals surface area contributed by atoms with E-state index in [1.807, 2.05) is 17.5 Å². The number of hydrogen-bond acceptors (Lipinski definition) is 5. The maximum atomic E-state index is 12.5. The summed E-state index contributed by atoms with van der Waals surface area (Å²) in [5, 5.41) is 6.12. The molecule has 3 rings (SSSR count). The summed E-state index contributed by atoms with van der Waals surface area (Å²) in [6.45, 7) is -0.255. The van der Waals surface area contributed by atoms with Crippen molar-refractivity contribution in [2.45, 2.75) is 6.54 Å². The van der Waals surface area contributed by atoms with Gasteiger partial charge in [-0.3, -0.25) is 9.78 Å².